The Balaban J connectivity index is 1.06. The van der Waals surface area contributed by atoms with Crippen LogP contribution in [0.3, 0.4) is 0 Å². The third kappa shape index (κ3) is 5.84. The van der Waals surface area contributed by atoms with E-state index in [0.29, 0.717) is 76.6 Å². The fourth-order valence-corrected chi connectivity index (χ4v) is 6.27. The second kappa shape index (κ2) is 11.5. The number of aromatic nitrogens is 2. The minimum Gasteiger partial charge on any atom is -0.351 e. The van der Waals surface area contributed by atoms with Crippen LogP contribution in [0.5, 0.6) is 0 Å². The summed E-state index contributed by atoms with van der Waals surface area (Å²) >= 11 is 0. The van der Waals surface area contributed by atoms with Gasteiger partial charge < -0.3 is 24.2 Å². The summed E-state index contributed by atoms with van der Waals surface area (Å²) in [5, 5.41) is 8.91. The van der Waals surface area contributed by atoms with Crippen LogP contribution in [0, 0.1) is 13.8 Å². The molecule has 43 heavy (non-hydrogen) atoms. The Morgan fingerprint density at radius 3 is 2.28 bits per heavy atom. The lowest BCUT2D eigenvalue weighted by Gasteiger charge is -2.42. The predicted octanol–water partition coefficient (Wildman–Crippen LogP) is 3.51. The Hall–Kier alpha value is -3.58. The Morgan fingerprint density at radius 2 is 1.67 bits per heavy atom. The van der Waals surface area contributed by atoms with Gasteiger partial charge in [-0.05, 0) is 44.0 Å². The standard InChI is InChI=1S/C30H36F3N7O3/c1-19-18-39(27-21(3)20(2)26(36-37-27)22-4-6-23(7-5-22)30(31,32)33)12-13-40(19)25-17-34-24(16-35-25)28(41)38-10-8-29(9-11-38)42-14-15-43-29/h4-7,17,19,24H,8-16,18H2,1-3H3. The van der Waals surface area contributed by atoms with Gasteiger partial charge in [-0.25, -0.2) is 0 Å². The number of rotatable bonds is 3. The lowest BCUT2D eigenvalue weighted by atomic mass is 10.0. The minimum absolute atomic E-state index is 0.00562. The summed E-state index contributed by atoms with van der Waals surface area (Å²) in [6, 6.07) is 4.61. The SMILES string of the molecule is Cc1c(-c2ccc(C(F)(F)F)cc2)nnc(N2CCN(C3=NCC(C(=O)N4CCC5(CC4)OCCO5)N=C3)C(C)C2)c1C. The van der Waals surface area contributed by atoms with Gasteiger partial charge in [-0.1, -0.05) is 12.1 Å². The highest BCUT2D eigenvalue weighted by molar-refractivity contribution is 6.30. The summed E-state index contributed by atoms with van der Waals surface area (Å²) in [6.07, 6.45) is -1.32. The number of ether oxygens (including phenoxy) is 2. The molecule has 1 aromatic heterocycles. The van der Waals surface area contributed by atoms with Crippen LogP contribution in [0.2, 0.25) is 0 Å². The highest BCUT2D eigenvalue weighted by Gasteiger charge is 2.42. The molecule has 4 aliphatic heterocycles. The number of carbonyl (C=O) groups is 1. The molecule has 0 bridgehead atoms. The normalized spacial score (nSPS) is 24.0. The molecule has 0 saturated carbocycles. The Kier molecular flexibility index (Phi) is 7.88. The van der Waals surface area contributed by atoms with Gasteiger partial charge in [0.2, 0.25) is 5.91 Å². The number of hydrogen-bond acceptors (Lipinski definition) is 9. The number of anilines is 1. The van der Waals surface area contributed by atoms with Gasteiger partial charge in [0.05, 0.1) is 37.2 Å². The van der Waals surface area contributed by atoms with Crippen LogP contribution in [0.4, 0.5) is 19.0 Å². The molecule has 1 aromatic carbocycles. The van der Waals surface area contributed by atoms with Crippen molar-refractivity contribution in [3.8, 4) is 11.3 Å². The molecule has 10 nitrogen and oxygen atoms in total. The number of amidine groups is 1. The van der Waals surface area contributed by atoms with Gasteiger partial charge >= 0.3 is 6.18 Å². The van der Waals surface area contributed by atoms with E-state index in [2.05, 4.69) is 31.9 Å². The molecule has 6 rings (SSSR count). The molecule has 3 fully saturated rings. The number of halogens is 3. The van der Waals surface area contributed by atoms with Crippen LogP contribution in [-0.4, -0.2) is 108 Å². The summed E-state index contributed by atoms with van der Waals surface area (Å²) in [5.41, 5.74) is 2.30. The van der Waals surface area contributed by atoms with Crippen LogP contribution < -0.4 is 4.90 Å². The summed E-state index contributed by atoms with van der Waals surface area (Å²) in [7, 11) is 0. The average molecular weight is 600 g/mol. The second-order valence-corrected chi connectivity index (χ2v) is 11.6. The predicted molar refractivity (Wildman–Crippen MR) is 155 cm³/mol. The number of amides is 1. The van der Waals surface area contributed by atoms with Crippen molar-refractivity contribution in [1.82, 2.24) is 20.0 Å². The molecule has 3 saturated heterocycles. The van der Waals surface area contributed by atoms with Gasteiger partial charge in [-0.2, -0.15) is 13.2 Å². The molecule has 0 aliphatic carbocycles. The van der Waals surface area contributed by atoms with E-state index in [9.17, 15) is 18.0 Å². The number of benzene rings is 1. The van der Waals surface area contributed by atoms with Crippen molar-refractivity contribution in [3.63, 3.8) is 0 Å². The number of nitrogens with zero attached hydrogens (tertiary/aromatic N) is 7. The maximum absolute atomic E-state index is 13.1. The molecule has 4 aliphatic rings. The number of aliphatic imine (C=N–C) groups is 2. The van der Waals surface area contributed by atoms with Gasteiger partial charge in [0.25, 0.3) is 0 Å². The van der Waals surface area contributed by atoms with Crippen LogP contribution in [0.25, 0.3) is 11.3 Å². The monoisotopic (exact) mass is 599 g/mol. The number of alkyl halides is 3. The molecule has 5 heterocycles. The molecule has 2 atom stereocenters. The van der Waals surface area contributed by atoms with Crippen LogP contribution in [0.1, 0.15) is 36.5 Å². The summed E-state index contributed by atoms with van der Waals surface area (Å²) < 4.78 is 50.5. The number of likely N-dealkylation sites (tertiary alicyclic amines) is 1. The average Bonchev–Trinajstić information content (AvgIpc) is 3.46. The van der Waals surface area contributed by atoms with Crippen molar-refractivity contribution < 1.29 is 27.4 Å². The van der Waals surface area contributed by atoms with E-state index in [1.807, 2.05) is 18.7 Å². The van der Waals surface area contributed by atoms with Gasteiger partial charge in [0.1, 0.15) is 11.9 Å². The van der Waals surface area contributed by atoms with Crippen molar-refractivity contribution in [1.29, 1.82) is 0 Å². The number of hydrogen-bond donors (Lipinski definition) is 0. The molecule has 0 radical (unpaired) electrons. The third-order valence-electron chi connectivity index (χ3n) is 8.94. The van der Waals surface area contributed by atoms with Gasteiger partial charge in [-0.15, -0.1) is 10.2 Å². The second-order valence-electron chi connectivity index (χ2n) is 11.6. The first kappa shape index (κ1) is 29.5. The number of piperidine rings is 1. The first-order valence-corrected chi connectivity index (χ1v) is 14.7. The zero-order valence-electron chi connectivity index (χ0n) is 24.6. The maximum atomic E-state index is 13.1. The van der Waals surface area contributed by atoms with Gasteiger partial charge in [-0.3, -0.25) is 14.8 Å². The number of piperazine rings is 1. The van der Waals surface area contributed by atoms with E-state index in [1.54, 1.807) is 6.21 Å². The van der Waals surface area contributed by atoms with Crippen molar-refractivity contribution in [2.24, 2.45) is 9.98 Å². The lowest BCUT2D eigenvalue weighted by molar-refractivity contribution is -0.187. The molecule has 13 heteroatoms. The van der Waals surface area contributed by atoms with Gasteiger partial charge in [0.15, 0.2) is 11.6 Å². The quantitative estimate of drug-likeness (QED) is 0.533. The molecule has 230 valence electrons. The summed E-state index contributed by atoms with van der Waals surface area (Å²) in [5.74, 6) is 1.01. The van der Waals surface area contributed by atoms with E-state index in [1.165, 1.54) is 12.1 Å². The first-order chi connectivity index (χ1) is 20.5. The maximum Gasteiger partial charge on any atom is 0.416 e. The Bertz CT molecular complexity index is 1410. The summed E-state index contributed by atoms with van der Waals surface area (Å²) in [6.45, 7) is 10.8. The molecular weight excluding hydrogens is 563 g/mol. The highest BCUT2D eigenvalue weighted by Crippen LogP contribution is 2.34. The summed E-state index contributed by atoms with van der Waals surface area (Å²) in [4.78, 5) is 28.7. The van der Waals surface area contributed by atoms with Crippen LogP contribution in [-0.2, 0) is 20.4 Å². The van der Waals surface area contributed by atoms with Crippen molar-refractivity contribution >= 4 is 23.8 Å². The first-order valence-electron chi connectivity index (χ1n) is 14.7. The van der Waals surface area contributed by atoms with E-state index >= 15 is 0 Å². The molecule has 2 unspecified atom stereocenters. The molecular formula is C30H36F3N7O3. The highest BCUT2D eigenvalue weighted by atomic mass is 19.4. The van der Waals surface area contributed by atoms with E-state index in [4.69, 9.17) is 14.5 Å². The molecule has 1 spiro atoms. The fourth-order valence-electron chi connectivity index (χ4n) is 6.27. The molecule has 0 N–H and O–H groups in total. The minimum atomic E-state index is -4.38. The Morgan fingerprint density at radius 1 is 0.977 bits per heavy atom. The largest absolute Gasteiger partial charge is 0.416 e. The van der Waals surface area contributed by atoms with Crippen LogP contribution in [0.15, 0.2) is 34.3 Å². The number of carbonyl (C=O) groups excluding carboxylic acids is 1. The lowest BCUT2D eigenvalue weighted by Crippen LogP contribution is -2.56. The van der Waals surface area contributed by atoms with Crippen molar-refractivity contribution in [3.05, 3.63) is 41.0 Å². The van der Waals surface area contributed by atoms with E-state index < -0.39 is 23.6 Å². The van der Waals surface area contributed by atoms with Gasteiger partial charge in [0, 0.05) is 57.2 Å². The van der Waals surface area contributed by atoms with Crippen molar-refractivity contribution in [2.45, 2.75) is 57.7 Å². The third-order valence-corrected chi connectivity index (χ3v) is 8.94. The van der Waals surface area contributed by atoms with Crippen LogP contribution >= 0.6 is 0 Å². The van der Waals surface area contributed by atoms with Crippen molar-refractivity contribution in [2.75, 3.05) is 57.4 Å². The fraction of sp³-hybridized carbons (Fsp3) is 0.567. The Labute approximate surface area is 248 Å². The zero-order valence-corrected chi connectivity index (χ0v) is 24.6. The molecule has 1 amide bonds. The molecule has 2 aromatic rings. The van der Waals surface area contributed by atoms with E-state index in [0.717, 1.165) is 34.9 Å². The zero-order chi connectivity index (χ0) is 30.4. The van der Waals surface area contributed by atoms with E-state index in [-0.39, 0.29) is 11.9 Å². The smallest absolute Gasteiger partial charge is 0.351 e. The topological polar surface area (TPSA) is 95.8 Å².